The van der Waals surface area contributed by atoms with Gasteiger partial charge in [-0.3, -0.25) is 9.48 Å². The highest BCUT2D eigenvalue weighted by atomic mass is 35.5. The summed E-state index contributed by atoms with van der Waals surface area (Å²) in [4.78, 5) is 25.6. The molecule has 1 aromatic heterocycles. The molecule has 1 atom stereocenters. The normalized spacial score (nSPS) is 19.7. The minimum Gasteiger partial charge on any atom is -0.407 e. The molecular formula is C16H16ClFN4O4. The maximum atomic E-state index is 13.3. The first-order valence-corrected chi connectivity index (χ1v) is 8.09. The second-order valence-electron chi connectivity index (χ2n) is 5.88. The zero-order chi connectivity index (χ0) is 18.9. The van der Waals surface area contributed by atoms with Crippen LogP contribution >= 0.6 is 11.6 Å². The SMILES string of the molecule is Cn1cc(N2CC[C@](O)(OC(=O)NCc3cc(F)cc(Cl)c3)C2=O)cn1. The van der Waals surface area contributed by atoms with Gasteiger partial charge in [0.25, 0.3) is 11.7 Å². The number of hydrogen-bond acceptors (Lipinski definition) is 5. The smallest absolute Gasteiger partial charge is 0.407 e. The number of amides is 2. The maximum absolute atomic E-state index is 13.3. The van der Waals surface area contributed by atoms with Gasteiger partial charge in [-0.15, -0.1) is 0 Å². The number of halogens is 2. The van der Waals surface area contributed by atoms with Gasteiger partial charge in [-0.2, -0.15) is 5.10 Å². The van der Waals surface area contributed by atoms with Gasteiger partial charge in [0, 0.05) is 37.8 Å². The molecule has 1 aromatic carbocycles. The predicted octanol–water partition coefficient (Wildman–Crippen LogP) is 1.56. The van der Waals surface area contributed by atoms with Crippen LogP contribution in [-0.2, 0) is 23.1 Å². The fraction of sp³-hybridized carbons (Fsp3) is 0.312. The van der Waals surface area contributed by atoms with Crippen molar-refractivity contribution in [3.8, 4) is 0 Å². The van der Waals surface area contributed by atoms with Gasteiger partial charge in [0.15, 0.2) is 0 Å². The predicted molar refractivity (Wildman–Crippen MR) is 89.9 cm³/mol. The van der Waals surface area contributed by atoms with E-state index in [1.54, 1.807) is 13.2 Å². The van der Waals surface area contributed by atoms with E-state index in [1.165, 1.54) is 27.9 Å². The summed E-state index contributed by atoms with van der Waals surface area (Å²) in [5.41, 5.74) is 0.903. The molecule has 138 valence electrons. The van der Waals surface area contributed by atoms with Crippen molar-refractivity contribution >= 4 is 29.3 Å². The third-order valence-electron chi connectivity index (χ3n) is 3.88. The van der Waals surface area contributed by atoms with E-state index < -0.39 is 23.6 Å². The number of hydrogen-bond donors (Lipinski definition) is 2. The Morgan fingerprint density at radius 1 is 1.50 bits per heavy atom. The third-order valence-corrected chi connectivity index (χ3v) is 4.10. The number of nitrogens with one attached hydrogen (secondary N) is 1. The van der Waals surface area contributed by atoms with Crippen LogP contribution in [0.3, 0.4) is 0 Å². The Balaban J connectivity index is 1.60. The first-order valence-electron chi connectivity index (χ1n) is 7.72. The Morgan fingerprint density at radius 3 is 2.92 bits per heavy atom. The number of alkyl carbamates (subject to hydrolysis) is 1. The first-order chi connectivity index (χ1) is 12.3. The highest BCUT2D eigenvalue weighted by molar-refractivity contribution is 6.30. The number of aliphatic hydroxyl groups is 1. The highest BCUT2D eigenvalue weighted by Gasteiger charge is 2.49. The Labute approximate surface area is 153 Å². The monoisotopic (exact) mass is 382 g/mol. The Bertz CT molecular complexity index is 838. The molecule has 1 saturated heterocycles. The zero-order valence-corrected chi connectivity index (χ0v) is 14.5. The van der Waals surface area contributed by atoms with E-state index in [2.05, 4.69) is 10.4 Å². The summed E-state index contributed by atoms with van der Waals surface area (Å²) in [5.74, 6) is -3.56. The van der Waals surface area contributed by atoms with E-state index in [4.69, 9.17) is 16.3 Å². The van der Waals surface area contributed by atoms with Crippen molar-refractivity contribution in [2.75, 3.05) is 11.4 Å². The van der Waals surface area contributed by atoms with Crippen LogP contribution in [0.25, 0.3) is 0 Å². The van der Waals surface area contributed by atoms with Crippen LogP contribution in [0, 0.1) is 5.82 Å². The molecule has 2 amide bonds. The molecule has 8 nitrogen and oxygen atoms in total. The summed E-state index contributed by atoms with van der Waals surface area (Å²) in [7, 11) is 1.69. The quantitative estimate of drug-likeness (QED) is 0.782. The van der Waals surface area contributed by atoms with Gasteiger partial charge >= 0.3 is 6.09 Å². The van der Waals surface area contributed by atoms with Gasteiger partial charge in [0.1, 0.15) is 5.82 Å². The van der Waals surface area contributed by atoms with Crippen molar-refractivity contribution < 1.29 is 23.8 Å². The number of nitrogens with zero attached hydrogens (tertiary/aromatic N) is 3. The molecule has 1 fully saturated rings. The van der Waals surface area contributed by atoms with E-state index in [0.29, 0.717) is 11.3 Å². The standard InChI is InChI=1S/C16H16ClFN4O4/c1-21-9-13(8-20-21)22-3-2-16(25,14(22)23)26-15(24)19-7-10-4-11(17)6-12(18)5-10/h4-6,8-9,25H,2-3,7H2,1H3,(H,19,24)/t16-/m0/s1. The summed E-state index contributed by atoms with van der Waals surface area (Å²) in [6.07, 6.45) is 1.99. The number of anilines is 1. The van der Waals surface area contributed by atoms with Crippen molar-refractivity contribution in [2.24, 2.45) is 7.05 Å². The average molecular weight is 383 g/mol. The van der Waals surface area contributed by atoms with Crippen molar-refractivity contribution in [3.05, 3.63) is 47.0 Å². The van der Waals surface area contributed by atoms with Crippen LogP contribution in [0.2, 0.25) is 5.02 Å². The number of rotatable bonds is 4. The lowest BCUT2D eigenvalue weighted by atomic mass is 10.2. The van der Waals surface area contributed by atoms with Crippen LogP contribution in [0.1, 0.15) is 12.0 Å². The molecule has 0 unspecified atom stereocenters. The van der Waals surface area contributed by atoms with E-state index in [-0.39, 0.29) is 24.5 Å². The fourth-order valence-corrected chi connectivity index (χ4v) is 2.89. The van der Waals surface area contributed by atoms with E-state index >= 15 is 0 Å². The lowest BCUT2D eigenvalue weighted by Gasteiger charge is -2.21. The molecule has 0 saturated carbocycles. The highest BCUT2D eigenvalue weighted by Crippen LogP contribution is 2.29. The van der Waals surface area contributed by atoms with Gasteiger partial charge < -0.3 is 20.1 Å². The Kier molecular flexibility index (Phi) is 4.84. The molecule has 1 aliphatic rings. The second-order valence-corrected chi connectivity index (χ2v) is 6.32. The summed E-state index contributed by atoms with van der Waals surface area (Å²) >= 11 is 5.74. The first kappa shape index (κ1) is 18.2. The topological polar surface area (TPSA) is 96.7 Å². The Hall–Kier alpha value is -2.65. The molecule has 3 rings (SSSR count). The van der Waals surface area contributed by atoms with Crippen LogP contribution in [0.5, 0.6) is 0 Å². The van der Waals surface area contributed by atoms with Crippen molar-refractivity contribution in [1.82, 2.24) is 15.1 Å². The minimum atomic E-state index is -2.26. The second kappa shape index (κ2) is 6.93. The van der Waals surface area contributed by atoms with Crippen LogP contribution in [0.4, 0.5) is 14.9 Å². The molecule has 26 heavy (non-hydrogen) atoms. The van der Waals surface area contributed by atoms with Crippen molar-refractivity contribution in [2.45, 2.75) is 18.8 Å². The number of carbonyl (C=O) groups excluding carboxylic acids is 2. The summed E-state index contributed by atoms with van der Waals surface area (Å²) < 4.78 is 19.7. The largest absolute Gasteiger partial charge is 0.410 e. The molecule has 0 bridgehead atoms. The van der Waals surface area contributed by atoms with Crippen LogP contribution in [-0.4, -0.2) is 39.2 Å². The zero-order valence-electron chi connectivity index (χ0n) is 13.8. The van der Waals surface area contributed by atoms with Crippen LogP contribution in [0.15, 0.2) is 30.6 Å². The molecule has 1 aliphatic heterocycles. The molecule has 0 spiro atoms. The van der Waals surface area contributed by atoms with Gasteiger partial charge in [0.2, 0.25) is 0 Å². The number of aryl methyl sites for hydroxylation is 1. The summed E-state index contributed by atoms with van der Waals surface area (Å²) in [5, 5.41) is 16.9. The average Bonchev–Trinajstić information content (AvgIpc) is 3.09. The van der Waals surface area contributed by atoms with Gasteiger partial charge in [-0.05, 0) is 23.8 Å². The maximum Gasteiger partial charge on any atom is 0.410 e. The van der Waals surface area contributed by atoms with Crippen molar-refractivity contribution in [1.29, 1.82) is 0 Å². The molecule has 2 heterocycles. The molecule has 0 radical (unpaired) electrons. The number of aromatic nitrogens is 2. The van der Waals surface area contributed by atoms with E-state index in [1.807, 2.05) is 0 Å². The molecule has 2 N–H and O–H groups in total. The lowest BCUT2D eigenvalue weighted by molar-refractivity contribution is -0.175. The minimum absolute atomic E-state index is 0.0765. The van der Waals surface area contributed by atoms with E-state index in [0.717, 1.165) is 6.07 Å². The van der Waals surface area contributed by atoms with E-state index in [9.17, 15) is 19.1 Å². The molecule has 0 aliphatic carbocycles. The van der Waals surface area contributed by atoms with Gasteiger partial charge in [-0.1, -0.05) is 11.6 Å². The fourth-order valence-electron chi connectivity index (χ4n) is 2.65. The summed E-state index contributed by atoms with van der Waals surface area (Å²) in [6, 6.07) is 3.81. The molecule has 2 aromatic rings. The van der Waals surface area contributed by atoms with Gasteiger partial charge in [0.05, 0.1) is 11.9 Å². The third kappa shape index (κ3) is 3.78. The molecule has 10 heteroatoms. The van der Waals surface area contributed by atoms with Crippen LogP contribution < -0.4 is 10.2 Å². The van der Waals surface area contributed by atoms with Gasteiger partial charge in [-0.25, -0.2) is 9.18 Å². The number of benzene rings is 1. The van der Waals surface area contributed by atoms with Crippen molar-refractivity contribution in [3.63, 3.8) is 0 Å². The summed E-state index contributed by atoms with van der Waals surface area (Å²) in [6.45, 7) is 0.0979. The number of carbonyl (C=O) groups is 2. The molecular weight excluding hydrogens is 367 g/mol. The lowest BCUT2D eigenvalue weighted by Crippen LogP contribution is -2.46. The Morgan fingerprint density at radius 2 is 2.27 bits per heavy atom. The number of ether oxygens (including phenoxy) is 1.